The van der Waals surface area contributed by atoms with E-state index in [-0.39, 0.29) is 22.3 Å². The van der Waals surface area contributed by atoms with Crippen LogP contribution in [-0.4, -0.2) is 14.3 Å². The van der Waals surface area contributed by atoms with E-state index < -0.39 is 10.0 Å². The van der Waals surface area contributed by atoms with Gasteiger partial charge in [0.1, 0.15) is 0 Å². The van der Waals surface area contributed by atoms with Crippen LogP contribution in [0.25, 0.3) is 0 Å². The number of hydrogen-bond donors (Lipinski definition) is 2. The highest BCUT2D eigenvalue weighted by molar-refractivity contribution is 7.89. The van der Waals surface area contributed by atoms with Crippen molar-refractivity contribution in [1.82, 2.24) is 5.32 Å². The fourth-order valence-electron chi connectivity index (χ4n) is 2.78. The fourth-order valence-corrected chi connectivity index (χ4v) is 3.30. The second-order valence-corrected chi connectivity index (χ2v) is 7.64. The summed E-state index contributed by atoms with van der Waals surface area (Å²) in [6.45, 7) is 3.90. The summed E-state index contributed by atoms with van der Waals surface area (Å²) in [4.78, 5) is 12.4. The van der Waals surface area contributed by atoms with Gasteiger partial charge in [0.2, 0.25) is 15.9 Å². The molecule has 116 valence electrons. The molecular formula is C15H22N2O3S. The van der Waals surface area contributed by atoms with Crippen LogP contribution in [0, 0.1) is 5.41 Å². The number of benzene rings is 1. The van der Waals surface area contributed by atoms with Crippen molar-refractivity contribution in [3.63, 3.8) is 0 Å². The van der Waals surface area contributed by atoms with E-state index in [4.69, 9.17) is 5.14 Å². The van der Waals surface area contributed by atoms with Gasteiger partial charge in [0, 0.05) is 5.41 Å². The lowest BCUT2D eigenvalue weighted by molar-refractivity contribution is -0.130. The van der Waals surface area contributed by atoms with Crippen LogP contribution in [0.15, 0.2) is 29.2 Å². The van der Waals surface area contributed by atoms with Crippen LogP contribution in [0.5, 0.6) is 0 Å². The molecule has 0 spiro atoms. The lowest BCUT2D eigenvalue weighted by Gasteiger charge is -2.25. The third-order valence-electron chi connectivity index (χ3n) is 4.31. The van der Waals surface area contributed by atoms with E-state index in [1.807, 2.05) is 13.8 Å². The van der Waals surface area contributed by atoms with Gasteiger partial charge < -0.3 is 5.32 Å². The minimum absolute atomic E-state index is 0.0722. The first-order valence-electron chi connectivity index (χ1n) is 7.16. The van der Waals surface area contributed by atoms with Crippen LogP contribution >= 0.6 is 0 Å². The zero-order chi connectivity index (χ0) is 15.7. The molecule has 6 heteroatoms. The zero-order valence-corrected chi connectivity index (χ0v) is 13.2. The zero-order valence-electron chi connectivity index (χ0n) is 12.4. The lowest BCUT2D eigenvalue weighted by atomic mass is 9.87. The van der Waals surface area contributed by atoms with Gasteiger partial charge in [-0.3, -0.25) is 4.79 Å². The van der Waals surface area contributed by atoms with Gasteiger partial charge in [-0.05, 0) is 37.5 Å². The van der Waals surface area contributed by atoms with Crippen LogP contribution in [0.1, 0.15) is 51.1 Å². The summed E-state index contributed by atoms with van der Waals surface area (Å²) >= 11 is 0. The summed E-state index contributed by atoms with van der Waals surface area (Å²) in [6, 6.07) is 6.13. The predicted octanol–water partition coefficient (Wildman–Crippen LogP) is 2.09. The number of sulfonamides is 1. The van der Waals surface area contributed by atoms with Crippen molar-refractivity contribution in [2.75, 3.05) is 0 Å². The third kappa shape index (κ3) is 3.63. The minimum atomic E-state index is -3.68. The molecule has 1 aromatic carbocycles. The molecule has 0 heterocycles. The fraction of sp³-hybridized carbons (Fsp3) is 0.533. The van der Waals surface area contributed by atoms with E-state index in [2.05, 4.69) is 5.32 Å². The topological polar surface area (TPSA) is 89.3 Å². The van der Waals surface area contributed by atoms with Crippen LogP contribution in [0.4, 0.5) is 0 Å². The number of carbonyl (C=O) groups is 1. The molecule has 1 aromatic rings. The summed E-state index contributed by atoms with van der Waals surface area (Å²) in [5.74, 6) is 0.0722. The normalized spacial score (nSPS) is 19.2. The van der Waals surface area contributed by atoms with Crippen LogP contribution in [0.2, 0.25) is 0 Å². The lowest BCUT2D eigenvalue weighted by Crippen LogP contribution is -2.38. The number of carbonyl (C=O) groups excluding carboxylic acids is 1. The van der Waals surface area contributed by atoms with Crippen molar-refractivity contribution in [3.8, 4) is 0 Å². The Kier molecular flexibility index (Phi) is 4.39. The molecule has 1 aliphatic rings. The molecule has 1 unspecified atom stereocenters. The molecule has 0 saturated heterocycles. The third-order valence-corrected chi connectivity index (χ3v) is 5.24. The molecule has 1 saturated carbocycles. The predicted molar refractivity (Wildman–Crippen MR) is 80.9 cm³/mol. The largest absolute Gasteiger partial charge is 0.349 e. The Morgan fingerprint density at radius 3 is 2.24 bits per heavy atom. The van der Waals surface area contributed by atoms with Gasteiger partial charge in [0.05, 0.1) is 10.9 Å². The van der Waals surface area contributed by atoms with Gasteiger partial charge in [-0.25, -0.2) is 13.6 Å². The van der Waals surface area contributed by atoms with Crippen molar-refractivity contribution in [2.45, 2.75) is 50.5 Å². The number of nitrogens with two attached hydrogens (primary N) is 1. The first-order chi connectivity index (χ1) is 9.72. The summed E-state index contributed by atoms with van der Waals surface area (Å²) in [5, 5.41) is 8.08. The van der Waals surface area contributed by atoms with Gasteiger partial charge >= 0.3 is 0 Å². The molecule has 2 rings (SSSR count). The van der Waals surface area contributed by atoms with Crippen LogP contribution < -0.4 is 10.5 Å². The monoisotopic (exact) mass is 310 g/mol. The quantitative estimate of drug-likeness (QED) is 0.892. The highest BCUT2D eigenvalue weighted by Gasteiger charge is 2.36. The molecule has 0 aliphatic heterocycles. The Balaban J connectivity index is 2.06. The smallest absolute Gasteiger partial charge is 0.238 e. The number of primary sulfonamides is 1. The number of rotatable bonds is 4. The van der Waals surface area contributed by atoms with Crippen molar-refractivity contribution in [3.05, 3.63) is 29.8 Å². The van der Waals surface area contributed by atoms with Gasteiger partial charge in [0.25, 0.3) is 0 Å². The van der Waals surface area contributed by atoms with Gasteiger partial charge in [-0.15, -0.1) is 0 Å². The number of amides is 1. The number of hydrogen-bond acceptors (Lipinski definition) is 3. The van der Waals surface area contributed by atoms with E-state index in [9.17, 15) is 13.2 Å². The molecule has 1 fully saturated rings. The Morgan fingerprint density at radius 1 is 1.24 bits per heavy atom. The maximum Gasteiger partial charge on any atom is 0.238 e. The Morgan fingerprint density at radius 2 is 1.76 bits per heavy atom. The van der Waals surface area contributed by atoms with Crippen LogP contribution in [-0.2, 0) is 14.8 Å². The average molecular weight is 310 g/mol. The highest BCUT2D eigenvalue weighted by Crippen LogP contribution is 2.38. The summed E-state index contributed by atoms with van der Waals surface area (Å²) < 4.78 is 22.4. The SMILES string of the molecule is CC(NC(=O)C1(C)CCCC1)c1ccc(S(N)(=O)=O)cc1. The summed E-state index contributed by atoms with van der Waals surface area (Å²) in [5.41, 5.74) is 0.590. The first kappa shape index (κ1) is 16.0. The Labute approximate surface area is 126 Å². The molecule has 3 N–H and O–H groups in total. The van der Waals surface area contributed by atoms with Crippen molar-refractivity contribution >= 4 is 15.9 Å². The van der Waals surface area contributed by atoms with E-state index in [0.29, 0.717) is 0 Å². The standard InChI is InChI=1S/C15H22N2O3S/c1-11(17-14(18)15(2)9-3-4-10-15)12-5-7-13(8-6-12)21(16,19)20/h5-8,11H,3-4,9-10H2,1-2H3,(H,17,18)(H2,16,19,20). The average Bonchev–Trinajstić information content (AvgIpc) is 2.86. The summed E-state index contributed by atoms with van der Waals surface area (Å²) in [6.07, 6.45) is 4.05. The molecule has 1 amide bonds. The molecule has 0 bridgehead atoms. The van der Waals surface area contributed by atoms with E-state index in [1.165, 1.54) is 12.1 Å². The maximum atomic E-state index is 12.4. The highest BCUT2D eigenvalue weighted by atomic mass is 32.2. The second kappa shape index (κ2) is 5.77. The van der Waals surface area contributed by atoms with Crippen molar-refractivity contribution in [2.24, 2.45) is 10.6 Å². The molecule has 0 radical (unpaired) electrons. The minimum Gasteiger partial charge on any atom is -0.349 e. The van der Waals surface area contributed by atoms with Crippen molar-refractivity contribution in [1.29, 1.82) is 0 Å². The van der Waals surface area contributed by atoms with Crippen LogP contribution in [0.3, 0.4) is 0 Å². The molecule has 0 aromatic heterocycles. The Hall–Kier alpha value is -1.40. The van der Waals surface area contributed by atoms with E-state index in [1.54, 1.807) is 12.1 Å². The number of nitrogens with one attached hydrogen (secondary N) is 1. The second-order valence-electron chi connectivity index (χ2n) is 6.08. The van der Waals surface area contributed by atoms with Gasteiger partial charge in [-0.1, -0.05) is 31.9 Å². The van der Waals surface area contributed by atoms with Gasteiger partial charge in [-0.2, -0.15) is 0 Å². The van der Waals surface area contributed by atoms with Crippen molar-refractivity contribution < 1.29 is 13.2 Å². The van der Waals surface area contributed by atoms with E-state index >= 15 is 0 Å². The molecule has 1 aliphatic carbocycles. The summed E-state index contributed by atoms with van der Waals surface area (Å²) in [7, 11) is -3.68. The molecule has 21 heavy (non-hydrogen) atoms. The van der Waals surface area contributed by atoms with E-state index in [0.717, 1.165) is 31.2 Å². The molecule has 1 atom stereocenters. The Bertz CT molecular complexity index is 617. The van der Waals surface area contributed by atoms with Gasteiger partial charge in [0.15, 0.2) is 0 Å². The first-order valence-corrected chi connectivity index (χ1v) is 8.71. The maximum absolute atomic E-state index is 12.4. The molecular weight excluding hydrogens is 288 g/mol. The molecule has 5 nitrogen and oxygen atoms in total.